The van der Waals surface area contributed by atoms with Crippen molar-refractivity contribution < 1.29 is 13.6 Å². The number of furan rings is 1. The minimum atomic E-state index is -0.408. The molecule has 31 heavy (non-hydrogen) atoms. The fourth-order valence-corrected chi connectivity index (χ4v) is 4.56. The van der Waals surface area contributed by atoms with E-state index < -0.39 is 5.82 Å². The second-order valence-electron chi connectivity index (χ2n) is 7.86. The first-order valence-electron chi connectivity index (χ1n) is 10.4. The van der Waals surface area contributed by atoms with Gasteiger partial charge in [-0.25, -0.2) is 4.39 Å². The molecule has 7 nitrogen and oxygen atoms in total. The average molecular weight is 444 g/mol. The molecule has 3 aromatic rings. The third-order valence-electron chi connectivity index (χ3n) is 5.41. The van der Waals surface area contributed by atoms with Gasteiger partial charge >= 0.3 is 0 Å². The van der Waals surface area contributed by atoms with E-state index in [-0.39, 0.29) is 11.6 Å². The van der Waals surface area contributed by atoms with Gasteiger partial charge in [-0.3, -0.25) is 9.69 Å². The van der Waals surface area contributed by atoms with Crippen molar-refractivity contribution in [2.75, 3.05) is 18.4 Å². The summed E-state index contributed by atoms with van der Waals surface area (Å²) < 4.78 is 21.5. The van der Waals surface area contributed by atoms with Crippen LogP contribution in [0.5, 0.6) is 0 Å². The topological polar surface area (TPSA) is 76.2 Å². The van der Waals surface area contributed by atoms with Gasteiger partial charge in [0.2, 0.25) is 5.91 Å². The van der Waals surface area contributed by atoms with Crippen molar-refractivity contribution in [2.45, 2.75) is 42.5 Å². The smallest absolute Gasteiger partial charge is 0.224 e. The number of hydrogen-bond donors (Lipinski definition) is 1. The number of carbonyl (C=O) groups excluding carboxylic acids is 1. The number of aromatic nitrogens is 3. The number of rotatable bonds is 8. The summed E-state index contributed by atoms with van der Waals surface area (Å²) in [5.74, 6) is 0.818. The molecule has 1 aliphatic heterocycles. The van der Waals surface area contributed by atoms with Crippen LogP contribution in [-0.2, 0) is 18.4 Å². The van der Waals surface area contributed by atoms with E-state index in [0.29, 0.717) is 12.3 Å². The Morgan fingerprint density at radius 2 is 2.19 bits per heavy atom. The van der Waals surface area contributed by atoms with E-state index in [1.165, 1.54) is 17.8 Å². The lowest BCUT2D eigenvalue weighted by Gasteiger charge is -2.32. The summed E-state index contributed by atoms with van der Waals surface area (Å²) in [5, 5.41) is 12.2. The van der Waals surface area contributed by atoms with Gasteiger partial charge in [0.25, 0.3) is 0 Å². The summed E-state index contributed by atoms with van der Waals surface area (Å²) in [6, 6.07) is 10.2. The van der Waals surface area contributed by atoms with Gasteiger partial charge in [0.1, 0.15) is 17.9 Å². The number of benzene rings is 1. The van der Waals surface area contributed by atoms with E-state index in [1.54, 1.807) is 24.5 Å². The molecule has 2 aromatic heterocycles. The number of carbonyl (C=O) groups is 1. The van der Waals surface area contributed by atoms with Crippen LogP contribution in [0.1, 0.15) is 31.4 Å². The summed E-state index contributed by atoms with van der Waals surface area (Å²) in [6.07, 6.45) is 5.06. The molecule has 4 rings (SSSR count). The van der Waals surface area contributed by atoms with Crippen LogP contribution in [0.3, 0.4) is 0 Å². The maximum absolute atomic E-state index is 13.7. The largest absolute Gasteiger partial charge is 0.453 e. The van der Waals surface area contributed by atoms with Crippen molar-refractivity contribution in [2.24, 2.45) is 13.0 Å². The SMILES string of the molecule is Cn1cnnc1Sc1ccc(CN2CCC[C@@H](CCC(=O)Nc3ccccc3F)C2)o1. The second kappa shape index (κ2) is 10.1. The summed E-state index contributed by atoms with van der Waals surface area (Å²) in [4.78, 5) is 14.6. The molecule has 164 valence electrons. The van der Waals surface area contributed by atoms with Crippen LogP contribution in [0.15, 0.2) is 57.4 Å². The van der Waals surface area contributed by atoms with Crippen molar-refractivity contribution in [3.63, 3.8) is 0 Å². The highest BCUT2D eigenvalue weighted by Crippen LogP contribution is 2.29. The highest BCUT2D eigenvalue weighted by Gasteiger charge is 2.22. The van der Waals surface area contributed by atoms with E-state index >= 15 is 0 Å². The number of para-hydroxylation sites is 1. The van der Waals surface area contributed by atoms with Crippen LogP contribution in [-0.4, -0.2) is 38.7 Å². The van der Waals surface area contributed by atoms with Crippen LogP contribution in [0, 0.1) is 11.7 Å². The molecule has 1 atom stereocenters. The second-order valence-corrected chi connectivity index (χ2v) is 8.83. The molecular weight excluding hydrogens is 417 g/mol. The predicted molar refractivity (Wildman–Crippen MR) is 116 cm³/mol. The molecule has 1 saturated heterocycles. The van der Waals surface area contributed by atoms with Gasteiger partial charge in [-0.05, 0) is 67.8 Å². The Bertz CT molecular complexity index is 1020. The van der Waals surface area contributed by atoms with Gasteiger partial charge in [-0.1, -0.05) is 12.1 Å². The Labute approximate surface area is 185 Å². The first-order chi connectivity index (χ1) is 15.1. The highest BCUT2D eigenvalue weighted by molar-refractivity contribution is 7.99. The maximum Gasteiger partial charge on any atom is 0.224 e. The molecule has 3 heterocycles. The third-order valence-corrected chi connectivity index (χ3v) is 6.38. The van der Waals surface area contributed by atoms with E-state index in [9.17, 15) is 9.18 Å². The van der Waals surface area contributed by atoms with E-state index in [4.69, 9.17) is 4.42 Å². The zero-order valence-electron chi connectivity index (χ0n) is 17.5. The molecule has 0 saturated carbocycles. The number of nitrogens with one attached hydrogen (secondary N) is 1. The lowest BCUT2D eigenvalue weighted by Crippen LogP contribution is -2.35. The number of amides is 1. The molecule has 1 aliphatic rings. The molecule has 0 spiro atoms. The molecule has 1 aromatic carbocycles. The van der Waals surface area contributed by atoms with Crippen LogP contribution in [0.2, 0.25) is 0 Å². The molecule has 1 amide bonds. The van der Waals surface area contributed by atoms with Gasteiger partial charge in [0, 0.05) is 20.0 Å². The predicted octanol–water partition coefficient (Wildman–Crippen LogP) is 4.33. The molecule has 0 radical (unpaired) electrons. The monoisotopic (exact) mass is 443 g/mol. The normalized spacial score (nSPS) is 17.0. The molecule has 0 unspecified atom stereocenters. The number of hydrogen-bond acceptors (Lipinski definition) is 6. The van der Waals surface area contributed by atoms with Crippen molar-refractivity contribution in [3.05, 3.63) is 54.3 Å². The Balaban J connectivity index is 1.24. The Kier molecular flexibility index (Phi) is 7.03. The van der Waals surface area contributed by atoms with Crippen LogP contribution >= 0.6 is 11.8 Å². The Hall–Kier alpha value is -2.65. The van der Waals surface area contributed by atoms with E-state index in [2.05, 4.69) is 20.4 Å². The minimum absolute atomic E-state index is 0.140. The van der Waals surface area contributed by atoms with Crippen molar-refractivity contribution >= 4 is 23.4 Å². The molecule has 0 aliphatic carbocycles. The third kappa shape index (κ3) is 5.95. The molecule has 0 bridgehead atoms. The first-order valence-corrected chi connectivity index (χ1v) is 11.3. The number of anilines is 1. The van der Waals surface area contributed by atoms with Gasteiger partial charge in [0.05, 0.1) is 12.2 Å². The van der Waals surface area contributed by atoms with E-state index in [1.807, 2.05) is 23.7 Å². The number of likely N-dealkylation sites (tertiary alicyclic amines) is 1. The first kappa shape index (κ1) is 21.6. The fourth-order valence-electron chi connectivity index (χ4n) is 3.81. The number of aryl methyl sites for hydroxylation is 1. The van der Waals surface area contributed by atoms with Gasteiger partial charge in [-0.15, -0.1) is 10.2 Å². The Morgan fingerprint density at radius 3 is 3.00 bits per heavy atom. The quantitative estimate of drug-likeness (QED) is 0.559. The minimum Gasteiger partial charge on any atom is -0.453 e. The summed E-state index contributed by atoms with van der Waals surface area (Å²) in [7, 11) is 1.90. The van der Waals surface area contributed by atoms with Crippen molar-refractivity contribution in [1.82, 2.24) is 19.7 Å². The lowest BCUT2D eigenvalue weighted by atomic mass is 9.93. The van der Waals surface area contributed by atoms with Gasteiger partial charge in [0.15, 0.2) is 10.2 Å². The van der Waals surface area contributed by atoms with Crippen molar-refractivity contribution in [1.29, 1.82) is 0 Å². The van der Waals surface area contributed by atoms with Gasteiger partial charge in [-0.2, -0.15) is 0 Å². The number of nitrogens with zero attached hydrogens (tertiary/aromatic N) is 4. The molecule has 1 N–H and O–H groups in total. The highest BCUT2D eigenvalue weighted by atomic mass is 32.2. The Morgan fingerprint density at radius 1 is 1.32 bits per heavy atom. The molecule has 9 heteroatoms. The summed E-state index contributed by atoms with van der Waals surface area (Å²) in [6.45, 7) is 2.70. The fraction of sp³-hybridized carbons (Fsp3) is 0.409. The van der Waals surface area contributed by atoms with Crippen LogP contribution in [0.25, 0.3) is 0 Å². The number of piperidine rings is 1. The lowest BCUT2D eigenvalue weighted by molar-refractivity contribution is -0.116. The van der Waals surface area contributed by atoms with Crippen LogP contribution in [0.4, 0.5) is 10.1 Å². The standard InChI is InChI=1S/C22H26FN5O2S/c1-27-15-24-26-22(27)31-21-11-9-17(30-21)14-28-12-4-5-16(13-28)8-10-20(29)25-19-7-3-2-6-18(19)23/h2-3,6-7,9,11,15-16H,4-5,8,10,12-14H2,1H3,(H,25,29)/t16-/m0/s1. The number of halogens is 1. The van der Waals surface area contributed by atoms with E-state index in [0.717, 1.165) is 54.9 Å². The molecule has 1 fully saturated rings. The van der Waals surface area contributed by atoms with Gasteiger partial charge < -0.3 is 14.3 Å². The molecular formula is C22H26FN5O2S. The zero-order chi connectivity index (χ0) is 21.6. The summed E-state index contributed by atoms with van der Waals surface area (Å²) >= 11 is 1.45. The van der Waals surface area contributed by atoms with Crippen molar-refractivity contribution in [3.8, 4) is 0 Å². The summed E-state index contributed by atoms with van der Waals surface area (Å²) in [5.41, 5.74) is 0.241. The average Bonchev–Trinajstić information content (AvgIpc) is 3.37. The maximum atomic E-state index is 13.7. The van der Waals surface area contributed by atoms with Crippen LogP contribution < -0.4 is 5.32 Å². The zero-order valence-corrected chi connectivity index (χ0v) is 18.3.